The average molecular weight is 758 g/mol. The molecule has 0 aliphatic carbocycles. The fourth-order valence-corrected chi connectivity index (χ4v) is 6.95. The molecule has 0 aromatic carbocycles. The van der Waals surface area contributed by atoms with E-state index in [1.54, 1.807) is 6.08 Å². The van der Waals surface area contributed by atoms with E-state index in [0.717, 1.165) is 51.4 Å². The summed E-state index contributed by atoms with van der Waals surface area (Å²) in [6.45, 7) is 4.20. The van der Waals surface area contributed by atoms with Crippen molar-refractivity contribution in [3.63, 3.8) is 0 Å². The summed E-state index contributed by atoms with van der Waals surface area (Å²) < 4.78 is 0. The van der Waals surface area contributed by atoms with Crippen LogP contribution >= 0.6 is 0 Å². The number of hydrogen-bond acceptors (Lipinski definition) is 4. The van der Waals surface area contributed by atoms with Crippen molar-refractivity contribution in [1.82, 2.24) is 5.32 Å². The lowest BCUT2D eigenvalue weighted by atomic mass is 10.0. The lowest BCUT2D eigenvalue weighted by molar-refractivity contribution is -0.124. The first-order valence-corrected chi connectivity index (χ1v) is 23.4. The summed E-state index contributed by atoms with van der Waals surface area (Å²) in [5.41, 5.74) is 0. The molecule has 3 unspecified atom stereocenters. The molecule has 0 saturated heterocycles. The van der Waals surface area contributed by atoms with E-state index in [2.05, 4.69) is 55.6 Å². The number of nitrogens with one attached hydrogen (secondary N) is 1. The van der Waals surface area contributed by atoms with Crippen LogP contribution in [0, 0.1) is 0 Å². The quantitative estimate of drug-likeness (QED) is 0.0369. The number of hydrogen-bond donors (Lipinski definition) is 4. The summed E-state index contributed by atoms with van der Waals surface area (Å²) in [7, 11) is 0. The van der Waals surface area contributed by atoms with E-state index < -0.39 is 18.2 Å². The number of aliphatic hydroxyl groups is 3. The molecule has 4 N–H and O–H groups in total. The minimum absolute atomic E-state index is 0.00400. The highest BCUT2D eigenvalue weighted by Crippen LogP contribution is 2.14. The van der Waals surface area contributed by atoms with Gasteiger partial charge < -0.3 is 20.6 Å². The van der Waals surface area contributed by atoms with E-state index in [1.165, 1.54) is 154 Å². The summed E-state index contributed by atoms with van der Waals surface area (Å²) in [6, 6.07) is -0.771. The fraction of sp³-hybridized carbons (Fsp3) is 0.816. The largest absolute Gasteiger partial charge is 0.394 e. The van der Waals surface area contributed by atoms with Crippen molar-refractivity contribution in [2.75, 3.05) is 6.61 Å². The molecular formula is C49H91NO4. The van der Waals surface area contributed by atoms with E-state index >= 15 is 0 Å². The van der Waals surface area contributed by atoms with E-state index in [0.29, 0.717) is 6.42 Å². The van der Waals surface area contributed by atoms with Crippen molar-refractivity contribution in [1.29, 1.82) is 0 Å². The molecule has 0 fully saturated rings. The number of rotatable bonds is 42. The molecule has 0 saturated carbocycles. The first-order valence-electron chi connectivity index (χ1n) is 23.4. The van der Waals surface area contributed by atoms with E-state index in [9.17, 15) is 20.1 Å². The number of aliphatic hydroxyl groups excluding tert-OH is 3. The van der Waals surface area contributed by atoms with Gasteiger partial charge in [0.15, 0.2) is 0 Å². The molecule has 0 aromatic heterocycles. The zero-order valence-corrected chi connectivity index (χ0v) is 35.8. The van der Waals surface area contributed by atoms with Gasteiger partial charge in [0.25, 0.3) is 0 Å². The van der Waals surface area contributed by atoms with Gasteiger partial charge in [-0.05, 0) is 70.6 Å². The lowest BCUT2D eigenvalue weighted by Gasteiger charge is -2.20. The van der Waals surface area contributed by atoms with Crippen LogP contribution in [0.4, 0.5) is 0 Å². The number of allylic oxidation sites excluding steroid dienone is 7. The number of carbonyl (C=O) groups is 1. The highest BCUT2D eigenvalue weighted by molar-refractivity contribution is 5.76. The Morgan fingerprint density at radius 3 is 1.19 bits per heavy atom. The standard InChI is InChI=1S/C49H91NO4/c1-3-5-7-9-11-13-15-17-19-21-22-23-24-25-27-29-31-33-35-37-39-41-43-48(53)47(45-51)50-49(54)44-46(52)42-40-38-36-34-32-30-28-26-20-18-16-14-12-10-8-6-4-2/h25-28,33,35,41,43,46-48,51-53H,3-24,29-32,34,36-40,42,44-45H2,1-2H3,(H,50,54)/b27-25+,28-26-,35-33+,43-41+. The van der Waals surface area contributed by atoms with Gasteiger partial charge in [0.05, 0.1) is 31.3 Å². The second kappa shape index (κ2) is 44.0. The number of carbonyl (C=O) groups excluding carboxylic acids is 1. The topological polar surface area (TPSA) is 89.8 Å². The van der Waals surface area contributed by atoms with Gasteiger partial charge in [-0.3, -0.25) is 4.79 Å². The molecular weight excluding hydrogens is 667 g/mol. The molecule has 5 nitrogen and oxygen atoms in total. The molecule has 316 valence electrons. The summed E-state index contributed by atoms with van der Waals surface area (Å²) in [6.07, 6.45) is 56.9. The second-order valence-corrected chi connectivity index (χ2v) is 16.0. The van der Waals surface area contributed by atoms with Crippen molar-refractivity contribution in [3.8, 4) is 0 Å². The van der Waals surface area contributed by atoms with Crippen molar-refractivity contribution < 1.29 is 20.1 Å². The van der Waals surface area contributed by atoms with Gasteiger partial charge in [-0.25, -0.2) is 0 Å². The predicted octanol–water partition coefficient (Wildman–Crippen LogP) is 13.7. The Morgan fingerprint density at radius 2 is 0.796 bits per heavy atom. The van der Waals surface area contributed by atoms with Crippen LogP contribution in [0.15, 0.2) is 48.6 Å². The molecule has 3 atom stereocenters. The van der Waals surface area contributed by atoms with Gasteiger partial charge in [0.1, 0.15) is 0 Å². The average Bonchev–Trinajstić information content (AvgIpc) is 3.16. The fourth-order valence-electron chi connectivity index (χ4n) is 6.95. The van der Waals surface area contributed by atoms with Gasteiger partial charge in [0.2, 0.25) is 5.91 Å². The minimum Gasteiger partial charge on any atom is -0.394 e. The third-order valence-electron chi connectivity index (χ3n) is 10.6. The van der Waals surface area contributed by atoms with E-state index in [-0.39, 0.29) is 18.9 Å². The molecule has 0 radical (unpaired) electrons. The van der Waals surface area contributed by atoms with E-state index in [1.807, 2.05) is 6.08 Å². The normalized spacial score (nSPS) is 13.9. The molecule has 0 heterocycles. The van der Waals surface area contributed by atoms with Crippen LogP contribution in [0.25, 0.3) is 0 Å². The summed E-state index contributed by atoms with van der Waals surface area (Å²) >= 11 is 0. The van der Waals surface area contributed by atoms with Crippen LogP contribution in [0.2, 0.25) is 0 Å². The number of unbranched alkanes of at least 4 members (excludes halogenated alkanes) is 27. The zero-order valence-electron chi connectivity index (χ0n) is 35.8. The summed E-state index contributed by atoms with van der Waals surface area (Å²) in [4.78, 5) is 12.4. The molecule has 0 spiro atoms. The highest BCUT2D eigenvalue weighted by Gasteiger charge is 2.20. The summed E-state index contributed by atoms with van der Waals surface area (Å²) in [5, 5.41) is 33.2. The minimum atomic E-state index is -0.963. The second-order valence-electron chi connectivity index (χ2n) is 16.0. The molecule has 5 heteroatoms. The van der Waals surface area contributed by atoms with Crippen LogP contribution in [-0.2, 0) is 4.79 Å². The molecule has 0 aromatic rings. The molecule has 54 heavy (non-hydrogen) atoms. The van der Waals surface area contributed by atoms with Crippen molar-refractivity contribution >= 4 is 5.91 Å². The van der Waals surface area contributed by atoms with Gasteiger partial charge in [-0.2, -0.15) is 0 Å². The van der Waals surface area contributed by atoms with Crippen LogP contribution in [0.5, 0.6) is 0 Å². The predicted molar refractivity (Wildman–Crippen MR) is 236 cm³/mol. The van der Waals surface area contributed by atoms with Crippen LogP contribution in [0.3, 0.4) is 0 Å². The first kappa shape index (κ1) is 52.3. The Morgan fingerprint density at radius 1 is 0.463 bits per heavy atom. The van der Waals surface area contributed by atoms with Gasteiger partial charge >= 0.3 is 0 Å². The highest BCUT2D eigenvalue weighted by atomic mass is 16.3. The lowest BCUT2D eigenvalue weighted by Crippen LogP contribution is -2.45. The maximum atomic E-state index is 12.4. The van der Waals surface area contributed by atoms with E-state index in [4.69, 9.17) is 0 Å². The SMILES string of the molecule is CCCCCCCCCC/C=C\CCCCCCCC(O)CC(=O)NC(CO)C(O)/C=C/CC/C=C/CC/C=C/CCCCCCCCCCCCCC. The molecule has 0 aliphatic heterocycles. The first-order chi connectivity index (χ1) is 26.5. The Balaban J connectivity index is 3.74. The Kier molecular flexibility index (Phi) is 42.7. The molecule has 1 amide bonds. The van der Waals surface area contributed by atoms with Crippen LogP contribution < -0.4 is 5.32 Å². The smallest absolute Gasteiger partial charge is 0.222 e. The van der Waals surface area contributed by atoms with Crippen LogP contribution in [0.1, 0.15) is 232 Å². The zero-order chi connectivity index (χ0) is 39.4. The monoisotopic (exact) mass is 758 g/mol. The van der Waals surface area contributed by atoms with Crippen molar-refractivity contribution in [2.24, 2.45) is 0 Å². The Hall–Kier alpha value is -1.69. The molecule has 0 aliphatic rings. The number of amides is 1. The van der Waals surface area contributed by atoms with Crippen molar-refractivity contribution in [2.45, 2.75) is 250 Å². The van der Waals surface area contributed by atoms with Gasteiger partial charge in [0, 0.05) is 0 Å². The Bertz CT molecular complexity index is 881. The Labute approximate surface area is 336 Å². The third kappa shape index (κ3) is 40.0. The summed E-state index contributed by atoms with van der Waals surface area (Å²) in [5.74, 6) is -0.334. The maximum Gasteiger partial charge on any atom is 0.222 e. The molecule has 0 rings (SSSR count). The maximum absolute atomic E-state index is 12.4. The van der Waals surface area contributed by atoms with Crippen molar-refractivity contribution in [3.05, 3.63) is 48.6 Å². The third-order valence-corrected chi connectivity index (χ3v) is 10.6. The van der Waals surface area contributed by atoms with Gasteiger partial charge in [-0.1, -0.05) is 204 Å². The van der Waals surface area contributed by atoms with Gasteiger partial charge in [-0.15, -0.1) is 0 Å². The molecule has 0 bridgehead atoms. The van der Waals surface area contributed by atoms with Crippen LogP contribution in [-0.4, -0.2) is 46.1 Å².